The Labute approximate surface area is 101 Å². The first kappa shape index (κ1) is 13.8. The van der Waals surface area contributed by atoms with Crippen molar-refractivity contribution in [1.82, 2.24) is 4.90 Å². The van der Waals surface area contributed by atoms with Crippen molar-refractivity contribution in [1.29, 1.82) is 0 Å². The summed E-state index contributed by atoms with van der Waals surface area (Å²) >= 11 is 0. The number of hydrogen-bond acceptors (Lipinski definition) is 3. The quantitative estimate of drug-likeness (QED) is 0.812. The lowest BCUT2D eigenvalue weighted by Crippen LogP contribution is -2.32. The molecule has 0 heterocycles. The van der Waals surface area contributed by atoms with Gasteiger partial charge in [0.1, 0.15) is 5.82 Å². The Morgan fingerprint density at radius 3 is 2.71 bits per heavy atom. The Hall–Kier alpha value is -1.26. The lowest BCUT2D eigenvalue weighted by molar-refractivity contribution is -0.119. The zero-order valence-electron chi connectivity index (χ0n) is 10.2. The molecule has 0 aromatic heterocycles. The normalized spacial score (nSPS) is 12.8. The van der Waals surface area contributed by atoms with Crippen molar-refractivity contribution in [2.75, 3.05) is 20.1 Å². The lowest BCUT2D eigenvalue weighted by atomic mass is 10.1. The second-order valence-corrected chi connectivity index (χ2v) is 4.35. The Balaban J connectivity index is 2.47. The van der Waals surface area contributed by atoms with E-state index in [4.69, 9.17) is 5.11 Å². The van der Waals surface area contributed by atoms with Crippen molar-refractivity contribution in [2.45, 2.75) is 19.4 Å². The molecular weight excluding hydrogens is 221 g/mol. The Morgan fingerprint density at radius 1 is 1.47 bits per heavy atom. The molecule has 4 heteroatoms. The summed E-state index contributed by atoms with van der Waals surface area (Å²) in [4.78, 5) is 13.4. The Bertz CT molecular complexity index is 379. The molecule has 94 valence electrons. The number of hydrogen-bond donors (Lipinski definition) is 1. The second kappa shape index (κ2) is 6.47. The highest BCUT2D eigenvalue weighted by Crippen LogP contribution is 2.07. The molecule has 0 spiro atoms. The third-order valence-electron chi connectivity index (χ3n) is 2.37. The van der Waals surface area contributed by atoms with E-state index in [-0.39, 0.29) is 24.6 Å². The zero-order valence-corrected chi connectivity index (χ0v) is 10.2. The number of benzene rings is 1. The predicted octanol–water partition coefficient (Wildman–Crippen LogP) is 1.25. The van der Waals surface area contributed by atoms with Crippen LogP contribution >= 0.6 is 0 Å². The maximum atomic E-state index is 13.3. The lowest BCUT2D eigenvalue weighted by Gasteiger charge is -2.17. The number of nitrogens with zero attached hydrogens (tertiary/aromatic N) is 1. The van der Waals surface area contributed by atoms with E-state index in [1.54, 1.807) is 37.1 Å². The van der Waals surface area contributed by atoms with E-state index in [0.717, 1.165) is 0 Å². The minimum absolute atomic E-state index is 0.0572. The molecule has 0 bridgehead atoms. The number of carbonyl (C=O) groups excluding carboxylic acids is 1. The summed E-state index contributed by atoms with van der Waals surface area (Å²) in [5.74, 6) is -0.405. The number of aliphatic hydroxyl groups is 1. The van der Waals surface area contributed by atoms with Crippen LogP contribution in [0.1, 0.15) is 12.5 Å². The Kier molecular flexibility index (Phi) is 5.25. The second-order valence-electron chi connectivity index (χ2n) is 4.35. The number of carbonyl (C=O) groups is 1. The highest BCUT2D eigenvalue weighted by atomic mass is 19.1. The monoisotopic (exact) mass is 239 g/mol. The fraction of sp³-hybridized carbons (Fsp3) is 0.462. The van der Waals surface area contributed by atoms with Crippen LogP contribution in [0.5, 0.6) is 0 Å². The third-order valence-corrected chi connectivity index (χ3v) is 2.37. The number of likely N-dealkylation sites (N-methyl/N-ethyl adjacent to an activating group) is 1. The van der Waals surface area contributed by atoms with E-state index in [0.29, 0.717) is 12.1 Å². The average Bonchev–Trinajstić information content (AvgIpc) is 2.19. The van der Waals surface area contributed by atoms with Gasteiger partial charge in [0.05, 0.1) is 12.6 Å². The van der Waals surface area contributed by atoms with Crippen LogP contribution in [0.25, 0.3) is 0 Å². The minimum atomic E-state index is -0.471. The number of aliphatic hydroxyl groups excluding tert-OH is 1. The van der Waals surface area contributed by atoms with Crippen molar-refractivity contribution >= 4 is 5.78 Å². The van der Waals surface area contributed by atoms with Gasteiger partial charge in [0.25, 0.3) is 0 Å². The highest BCUT2D eigenvalue weighted by molar-refractivity contribution is 5.82. The van der Waals surface area contributed by atoms with Crippen LogP contribution < -0.4 is 0 Å². The van der Waals surface area contributed by atoms with Crippen LogP contribution in [0.4, 0.5) is 4.39 Å². The van der Waals surface area contributed by atoms with E-state index in [1.807, 2.05) is 0 Å². The SMILES string of the molecule is CC(O)CN(C)CC(=O)Cc1ccccc1F. The maximum Gasteiger partial charge on any atom is 0.151 e. The molecule has 0 aliphatic carbocycles. The van der Waals surface area contributed by atoms with Gasteiger partial charge in [-0.2, -0.15) is 0 Å². The molecule has 0 fully saturated rings. The molecule has 1 atom stereocenters. The first-order valence-electron chi connectivity index (χ1n) is 5.60. The molecule has 3 nitrogen and oxygen atoms in total. The minimum Gasteiger partial charge on any atom is -0.392 e. The molecule has 17 heavy (non-hydrogen) atoms. The molecule has 0 radical (unpaired) electrons. The molecule has 0 saturated carbocycles. The zero-order chi connectivity index (χ0) is 12.8. The molecular formula is C13H18FNO2. The number of rotatable bonds is 6. The largest absolute Gasteiger partial charge is 0.392 e. The van der Waals surface area contributed by atoms with E-state index in [2.05, 4.69) is 0 Å². The predicted molar refractivity (Wildman–Crippen MR) is 64.3 cm³/mol. The van der Waals surface area contributed by atoms with Crippen LogP contribution in [0.15, 0.2) is 24.3 Å². The van der Waals surface area contributed by atoms with Crippen LogP contribution in [0.3, 0.4) is 0 Å². The molecule has 0 aliphatic heterocycles. The van der Waals surface area contributed by atoms with E-state index < -0.39 is 6.10 Å². The van der Waals surface area contributed by atoms with Gasteiger partial charge in [-0.25, -0.2) is 4.39 Å². The van der Waals surface area contributed by atoms with E-state index in [1.165, 1.54) is 6.07 Å². The Morgan fingerprint density at radius 2 is 2.12 bits per heavy atom. The summed E-state index contributed by atoms with van der Waals surface area (Å²) in [5, 5.41) is 9.16. The van der Waals surface area contributed by atoms with Gasteiger partial charge in [0, 0.05) is 13.0 Å². The van der Waals surface area contributed by atoms with Gasteiger partial charge in [-0.3, -0.25) is 9.69 Å². The van der Waals surface area contributed by atoms with Crippen molar-refractivity contribution < 1.29 is 14.3 Å². The summed E-state index contributed by atoms with van der Waals surface area (Å²) < 4.78 is 13.3. The molecule has 1 N–H and O–H groups in total. The topological polar surface area (TPSA) is 40.5 Å². The standard InChI is InChI=1S/C13H18FNO2/c1-10(16)8-15(2)9-12(17)7-11-5-3-4-6-13(11)14/h3-6,10,16H,7-9H2,1-2H3. The van der Waals surface area contributed by atoms with Gasteiger partial charge in [-0.1, -0.05) is 18.2 Å². The van der Waals surface area contributed by atoms with Gasteiger partial charge in [-0.15, -0.1) is 0 Å². The van der Waals surface area contributed by atoms with Crippen molar-refractivity contribution in [3.05, 3.63) is 35.6 Å². The molecule has 1 aromatic carbocycles. The van der Waals surface area contributed by atoms with Crippen molar-refractivity contribution in [3.63, 3.8) is 0 Å². The first-order chi connectivity index (χ1) is 7.99. The average molecular weight is 239 g/mol. The first-order valence-corrected chi connectivity index (χ1v) is 5.60. The number of halogens is 1. The van der Waals surface area contributed by atoms with Gasteiger partial charge >= 0.3 is 0 Å². The molecule has 0 amide bonds. The summed E-state index contributed by atoms with van der Waals surface area (Å²) in [5.41, 5.74) is 0.419. The highest BCUT2D eigenvalue weighted by Gasteiger charge is 2.11. The number of Topliss-reactive ketones (excluding diaryl/α,β-unsaturated/α-hetero) is 1. The molecule has 1 unspecified atom stereocenters. The maximum absolute atomic E-state index is 13.3. The van der Waals surface area contributed by atoms with Gasteiger partial charge in [0.15, 0.2) is 5.78 Å². The van der Waals surface area contributed by atoms with E-state index in [9.17, 15) is 9.18 Å². The molecule has 1 aromatic rings. The van der Waals surface area contributed by atoms with Gasteiger partial charge in [0.2, 0.25) is 0 Å². The number of ketones is 1. The molecule has 1 rings (SSSR count). The van der Waals surface area contributed by atoms with Gasteiger partial charge in [-0.05, 0) is 25.6 Å². The fourth-order valence-corrected chi connectivity index (χ4v) is 1.73. The molecule has 0 saturated heterocycles. The fourth-order valence-electron chi connectivity index (χ4n) is 1.73. The van der Waals surface area contributed by atoms with Crippen LogP contribution in [-0.4, -0.2) is 42.0 Å². The molecule has 0 aliphatic rings. The smallest absolute Gasteiger partial charge is 0.151 e. The van der Waals surface area contributed by atoms with Crippen LogP contribution in [-0.2, 0) is 11.2 Å². The summed E-state index contributed by atoms with van der Waals surface area (Å²) in [7, 11) is 1.76. The summed E-state index contributed by atoms with van der Waals surface area (Å²) in [6.07, 6.45) is -0.377. The van der Waals surface area contributed by atoms with Gasteiger partial charge < -0.3 is 5.11 Å². The van der Waals surface area contributed by atoms with Crippen LogP contribution in [0.2, 0.25) is 0 Å². The summed E-state index contributed by atoms with van der Waals surface area (Å²) in [6.45, 7) is 2.32. The third kappa shape index (κ3) is 5.06. The van der Waals surface area contributed by atoms with Crippen LogP contribution in [0, 0.1) is 5.82 Å². The summed E-state index contributed by atoms with van der Waals surface area (Å²) in [6, 6.07) is 6.28. The van der Waals surface area contributed by atoms with Crippen molar-refractivity contribution in [2.24, 2.45) is 0 Å². The van der Waals surface area contributed by atoms with E-state index >= 15 is 0 Å². The van der Waals surface area contributed by atoms with Crippen molar-refractivity contribution in [3.8, 4) is 0 Å².